The fourth-order valence-corrected chi connectivity index (χ4v) is 11.0. The van der Waals surface area contributed by atoms with Crippen LogP contribution in [0.5, 0.6) is 5.75 Å². The van der Waals surface area contributed by atoms with Crippen molar-refractivity contribution in [1.82, 2.24) is 73.1 Å². The summed E-state index contributed by atoms with van der Waals surface area (Å²) in [5.41, 5.74) is 20.1. The number of primary amides is 1. The summed E-state index contributed by atoms with van der Waals surface area (Å²) >= 11 is 0. The Bertz CT molecular complexity index is 3640. The molecule has 0 saturated heterocycles. The lowest BCUT2D eigenvalue weighted by Gasteiger charge is -2.29. The average Bonchev–Trinajstić information content (AvgIpc) is 0.957. The molecule has 0 aliphatic rings. The summed E-state index contributed by atoms with van der Waals surface area (Å²) in [6, 6.07) is 7.35. The number of carboxylic acids is 2. The highest BCUT2D eigenvalue weighted by molar-refractivity contribution is 5.99. The van der Waals surface area contributed by atoms with E-state index in [0.29, 0.717) is 34.5 Å². The van der Waals surface area contributed by atoms with E-state index in [1.165, 1.54) is 37.2 Å². The van der Waals surface area contributed by atoms with Gasteiger partial charge < -0.3 is 95.7 Å². The average molecular weight is 1450 g/mol. The van der Waals surface area contributed by atoms with Gasteiger partial charge in [0.05, 0.1) is 18.7 Å². The molecule has 564 valence electrons. The SMILES string of the molecule is CC(C)C[C@H](NC(=O)[C@H](CCCCN)NC(=O)[C@H](CCC(N)=O)NC(=O)[C@H](Cc1cnc[nH]1)NC(=O)[C@H](Cc1cnc[nH]1)NC(=O)[C@@H](NC(=O)[C@H](CCC(=O)O)NC(=O)[C@@H](N)Cc1ccc(O)cc1)C(C)C)C(=O)N[C@H](C(=O)N[C@@H](Cc1ccccc1)C(=O)N[C@@H](Cc1ccccc1)C(=O)O)C(C)C. The molecule has 0 bridgehead atoms. The number of aromatic nitrogens is 4. The number of rotatable bonds is 45. The van der Waals surface area contributed by atoms with Gasteiger partial charge in [0.2, 0.25) is 65.0 Å². The maximum atomic E-state index is 14.8. The molecular weight excluding hydrogens is 1350 g/mol. The zero-order chi connectivity index (χ0) is 76.6. The van der Waals surface area contributed by atoms with Crippen LogP contribution in [0.15, 0.2) is 110 Å². The molecule has 0 unspecified atom stereocenters. The third-order valence-electron chi connectivity index (χ3n) is 16.8. The Labute approximate surface area is 602 Å². The summed E-state index contributed by atoms with van der Waals surface area (Å²) in [6.45, 7) is 10.2. The first kappa shape index (κ1) is 83.6. The number of hydrogen-bond acceptors (Lipinski definition) is 18. The zero-order valence-corrected chi connectivity index (χ0v) is 59.2. The number of imidazole rings is 2. The molecule has 0 aliphatic heterocycles. The van der Waals surface area contributed by atoms with Gasteiger partial charge in [-0.3, -0.25) is 57.5 Å². The van der Waals surface area contributed by atoms with Crippen LogP contribution in [0.2, 0.25) is 0 Å². The van der Waals surface area contributed by atoms with Crippen molar-refractivity contribution >= 4 is 76.9 Å². The van der Waals surface area contributed by atoms with Crippen molar-refractivity contribution < 1.29 is 77.6 Å². The summed E-state index contributed by atoms with van der Waals surface area (Å²) < 4.78 is 0. The molecule has 11 amide bonds. The Morgan fingerprint density at radius 3 is 1.22 bits per heavy atom. The molecule has 0 radical (unpaired) electrons. The smallest absolute Gasteiger partial charge is 0.326 e. The van der Waals surface area contributed by atoms with Crippen LogP contribution in [0.3, 0.4) is 0 Å². The van der Waals surface area contributed by atoms with Gasteiger partial charge in [-0.15, -0.1) is 0 Å². The van der Waals surface area contributed by atoms with Crippen LogP contribution in [-0.2, 0) is 94.4 Å². The minimum Gasteiger partial charge on any atom is -0.508 e. The number of phenolic OH excluding ortho intramolecular Hbond substituents is 1. The summed E-state index contributed by atoms with van der Waals surface area (Å²) in [5, 5.41) is 55.7. The van der Waals surface area contributed by atoms with E-state index in [1.807, 2.05) is 0 Å². The van der Waals surface area contributed by atoms with Crippen LogP contribution in [-0.4, -0.2) is 185 Å². The van der Waals surface area contributed by atoms with Gasteiger partial charge in [0.1, 0.15) is 66.2 Å². The highest BCUT2D eigenvalue weighted by atomic mass is 16.4. The molecule has 104 heavy (non-hydrogen) atoms. The van der Waals surface area contributed by atoms with E-state index in [9.17, 15) is 77.6 Å². The number of nitrogens with two attached hydrogens (primary N) is 3. The number of aromatic amines is 2. The van der Waals surface area contributed by atoms with Gasteiger partial charge in [0.25, 0.3) is 0 Å². The van der Waals surface area contributed by atoms with Crippen molar-refractivity contribution in [2.24, 2.45) is 35.0 Å². The molecular formula is C71H99N17O16. The molecule has 5 aromatic rings. The molecule has 21 N–H and O–H groups in total. The van der Waals surface area contributed by atoms with E-state index in [2.05, 4.69) is 73.1 Å². The molecule has 33 heteroatoms. The van der Waals surface area contributed by atoms with Crippen LogP contribution in [0, 0.1) is 17.8 Å². The van der Waals surface area contributed by atoms with E-state index in [1.54, 1.807) is 114 Å². The van der Waals surface area contributed by atoms with Crippen LogP contribution in [0.1, 0.15) is 121 Å². The lowest BCUT2D eigenvalue weighted by Crippen LogP contribution is -2.62. The Morgan fingerprint density at radius 2 is 0.798 bits per heavy atom. The second kappa shape index (κ2) is 42.4. The van der Waals surface area contributed by atoms with E-state index in [0.717, 1.165) is 0 Å². The zero-order valence-electron chi connectivity index (χ0n) is 59.2. The van der Waals surface area contributed by atoms with Crippen LogP contribution in [0.25, 0.3) is 0 Å². The Morgan fingerprint density at radius 1 is 0.423 bits per heavy atom. The van der Waals surface area contributed by atoms with Gasteiger partial charge in [0, 0.05) is 62.3 Å². The molecule has 33 nitrogen and oxygen atoms in total. The molecule has 0 saturated carbocycles. The molecule has 0 aliphatic carbocycles. The number of nitrogens with one attached hydrogen (secondary N) is 12. The number of benzene rings is 3. The molecule has 3 aromatic carbocycles. The number of amides is 11. The van der Waals surface area contributed by atoms with Gasteiger partial charge >= 0.3 is 11.9 Å². The number of aliphatic carboxylic acids is 2. The van der Waals surface area contributed by atoms with Crippen molar-refractivity contribution in [2.75, 3.05) is 6.54 Å². The fourth-order valence-electron chi connectivity index (χ4n) is 11.0. The predicted molar refractivity (Wildman–Crippen MR) is 379 cm³/mol. The number of H-pyrrole nitrogens is 2. The number of phenols is 1. The molecule has 5 rings (SSSR count). The van der Waals surface area contributed by atoms with Crippen LogP contribution >= 0.6 is 0 Å². The van der Waals surface area contributed by atoms with E-state index >= 15 is 0 Å². The third kappa shape index (κ3) is 28.7. The van der Waals surface area contributed by atoms with Crippen LogP contribution in [0.4, 0.5) is 0 Å². The second-order valence-electron chi connectivity index (χ2n) is 26.6. The van der Waals surface area contributed by atoms with Crippen molar-refractivity contribution in [3.8, 4) is 5.75 Å². The van der Waals surface area contributed by atoms with Gasteiger partial charge in [-0.2, -0.15) is 0 Å². The Balaban J connectivity index is 1.37. The third-order valence-corrected chi connectivity index (χ3v) is 16.8. The molecule has 2 heterocycles. The maximum absolute atomic E-state index is 14.8. The van der Waals surface area contributed by atoms with Crippen molar-refractivity contribution in [3.05, 3.63) is 138 Å². The van der Waals surface area contributed by atoms with Gasteiger partial charge in [-0.1, -0.05) is 114 Å². The lowest BCUT2D eigenvalue weighted by atomic mass is 9.98. The van der Waals surface area contributed by atoms with Gasteiger partial charge in [-0.05, 0) is 98.1 Å². The summed E-state index contributed by atoms with van der Waals surface area (Å²) in [5.74, 6) is -14.1. The van der Waals surface area contributed by atoms with Crippen LogP contribution < -0.4 is 70.4 Å². The normalized spacial score (nSPS) is 14.4. The Kier molecular flexibility index (Phi) is 34.0. The summed E-state index contributed by atoms with van der Waals surface area (Å²) in [7, 11) is 0. The minimum absolute atomic E-state index is 0.00518. The highest BCUT2D eigenvalue weighted by Crippen LogP contribution is 2.16. The van der Waals surface area contributed by atoms with Crippen molar-refractivity contribution in [3.63, 3.8) is 0 Å². The second-order valence-corrected chi connectivity index (χ2v) is 26.6. The van der Waals surface area contributed by atoms with Gasteiger partial charge in [-0.25, -0.2) is 14.8 Å². The van der Waals surface area contributed by atoms with E-state index in [4.69, 9.17) is 17.2 Å². The topological polar surface area (TPSA) is 538 Å². The first-order valence-electron chi connectivity index (χ1n) is 34.4. The quantitative estimate of drug-likeness (QED) is 0.0213. The van der Waals surface area contributed by atoms with Gasteiger partial charge in [0.15, 0.2) is 0 Å². The lowest BCUT2D eigenvalue weighted by molar-refractivity contribution is -0.142. The number of carbonyl (C=O) groups excluding carboxylic acids is 11. The van der Waals surface area contributed by atoms with Crippen molar-refractivity contribution in [2.45, 2.75) is 191 Å². The summed E-state index contributed by atoms with van der Waals surface area (Å²) in [6.07, 6.45) is 3.19. The number of aromatic hydroxyl groups is 1. The molecule has 0 fully saturated rings. The number of nitrogens with zero attached hydrogens (tertiary/aromatic N) is 2. The molecule has 2 aromatic heterocycles. The predicted octanol–water partition coefficient (Wildman–Crippen LogP) is -0.771. The van der Waals surface area contributed by atoms with E-state index in [-0.39, 0.29) is 69.6 Å². The molecule has 0 spiro atoms. The number of hydrogen-bond donors (Lipinski definition) is 18. The van der Waals surface area contributed by atoms with E-state index < -0.39 is 181 Å². The number of unbranched alkanes of at least 4 members (excludes halogenated alkanes) is 1. The standard InChI is InChI=1S/C71H99N17O16/c1-39(2)29-52(68(100)88-60(41(5)6)69(101)84-53(31-42-15-9-7-10-16-42)65(97)86-56(71(103)104)32-43-17-11-8-12-18-43)82-62(94)49(19-13-14-28-72)80-63(95)50(24-26-57(74)90)81-66(98)54(33-45-35-75-37-77-45)83-67(99)55(34-46-36-76-38-78-46)85-70(102)59(40(3)4)87-64(96)51(25-27-58(91)92)79-61(93)48(73)30-44-20-22-47(89)23-21-44/h7-12,15-18,20-23,35-41,48-56,59-60,89H,13-14,19,24-34,72-73H2,1-6H3,(H2,74,90)(H,75,77)(H,76,78)(H,79,93)(H,80,95)(H,81,98)(H,82,94)(H,83,99)(H,84,101)(H,85,102)(H,86,97)(H,87,96)(H,88,100)(H,91,92)(H,103,104)/t48-,49-,50-,51-,52-,53-,54-,55-,56-,59-,60-/m0/s1. The van der Waals surface area contributed by atoms with Crippen molar-refractivity contribution in [1.29, 1.82) is 0 Å². The first-order valence-corrected chi connectivity index (χ1v) is 34.4. The Hall–Kier alpha value is -11.1. The molecule has 11 atom stereocenters. The summed E-state index contributed by atoms with van der Waals surface area (Å²) in [4.78, 5) is 194. The fraction of sp³-hybridized carbons (Fsp3) is 0.479. The monoisotopic (exact) mass is 1450 g/mol. The number of carboxylic acid groups (broad SMARTS) is 2. The highest BCUT2D eigenvalue weighted by Gasteiger charge is 2.38. The first-order chi connectivity index (χ1) is 49.4. The number of carbonyl (C=O) groups is 13. The minimum atomic E-state index is -1.65. The largest absolute Gasteiger partial charge is 0.508 e. The maximum Gasteiger partial charge on any atom is 0.326 e.